The average molecular weight is 526 g/mol. The van der Waals surface area contributed by atoms with Crippen LogP contribution in [0.15, 0.2) is 78.9 Å². The lowest BCUT2D eigenvalue weighted by molar-refractivity contribution is -0.146. The molecule has 0 spiro atoms. The SMILES string of the molecule is N=C(N)c1cccc(N2C[C@H](OCc3ccccc3)C[C@H]2C(=O)OCc2ccc(C(=N)N3CCCC3)cc2)c1. The van der Waals surface area contributed by atoms with E-state index in [4.69, 9.17) is 26.0 Å². The number of esters is 1. The summed E-state index contributed by atoms with van der Waals surface area (Å²) in [4.78, 5) is 17.5. The maximum Gasteiger partial charge on any atom is 0.329 e. The zero-order valence-electron chi connectivity index (χ0n) is 22.0. The number of amidine groups is 2. The maximum absolute atomic E-state index is 13.4. The molecule has 3 aromatic rings. The highest BCUT2D eigenvalue weighted by molar-refractivity contribution is 5.97. The standard InChI is InChI=1S/C31H35N5O3/c32-29(33)25-9-6-10-26(17-25)36-19-27(38-20-22-7-2-1-3-8-22)18-28(36)31(37)39-21-23-11-13-24(14-12-23)30(34)35-15-4-5-16-35/h1-3,6-14,17,27-28,34H,4-5,15-16,18-21H2,(H3,32,33)/t27-,28+/m1/s1. The summed E-state index contributed by atoms with van der Waals surface area (Å²) < 4.78 is 12.0. The topological polar surface area (TPSA) is 116 Å². The molecule has 0 unspecified atom stereocenters. The van der Waals surface area contributed by atoms with E-state index in [0.29, 0.717) is 31.0 Å². The van der Waals surface area contributed by atoms with Crippen molar-refractivity contribution in [3.8, 4) is 0 Å². The number of anilines is 1. The van der Waals surface area contributed by atoms with Crippen molar-refractivity contribution in [3.05, 3.63) is 101 Å². The first-order valence-corrected chi connectivity index (χ1v) is 13.4. The minimum Gasteiger partial charge on any atom is -0.459 e. The Hall–Kier alpha value is -4.17. The molecule has 0 aliphatic carbocycles. The summed E-state index contributed by atoms with van der Waals surface area (Å²) in [6.45, 7) is 3.01. The fraction of sp³-hybridized carbons (Fsp3) is 0.323. The van der Waals surface area contributed by atoms with Gasteiger partial charge >= 0.3 is 5.97 Å². The van der Waals surface area contributed by atoms with Gasteiger partial charge in [-0.1, -0.05) is 66.7 Å². The van der Waals surface area contributed by atoms with Crippen molar-refractivity contribution < 1.29 is 14.3 Å². The van der Waals surface area contributed by atoms with Crippen molar-refractivity contribution in [2.24, 2.45) is 5.73 Å². The summed E-state index contributed by atoms with van der Waals surface area (Å²) in [6, 6.07) is 24.5. The molecule has 5 rings (SSSR count). The van der Waals surface area contributed by atoms with Gasteiger partial charge in [-0.15, -0.1) is 0 Å². The van der Waals surface area contributed by atoms with Gasteiger partial charge in [0.05, 0.1) is 12.7 Å². The van der Waals surface area contributed by atoms with Gasteiger partial charge in [0.25, 0.3) is 0 Å². The zero-order chi connectivity index (χ0) is 27.2. The van der Waals surface area contributed by atoms with E-state index in [-0.39, 0.29) is 24.5 Å². The molecule has 2 aliphatic rings. The molecular weight excluding hydrogens is 490 g/mol. The molecule has 0 radical (unpaired) electrons. The van der Waals surface area contributed by atoms with Crippen molar-refractivity contribution in [1.82, 2.24) is 4.90 Å². The minimum absolute atomic E-state index is 0.0201. The molecule has 8 nitrogen and oxygen atoms in total. The molecule has 0 aromatic heterocycles. The Bertz CT molecular complexity index is 1310. The van der Waals surface area contributed by atoms with E-state index in [2.05, 4.69) is 4.90 Å². The van der Waals surface area contributed by atoms with Gasteiger partial charge < -0.3 is 25.0 Å². The third-order valence-electron chi connectivity index (χ3n) is 7.38. The second kappa shape index (κ2) is 12.1. The number of nitrogen functional groups attached to an aromatic ring is 1. The summed E-state index contributed by atoms with van der Waals surface area (Å²) in [5, 5.41) is 16.3. The summed E-state index contributed by atoms with van der Waals surface area (Å²) in [5.41, 5.74) is 9.96. The molecule has 8 heteroatoms. The van der Waals surface area contributed by atoms with E-state index >= 15 is 0 Å². The molecule has 4 N–H and O–H groups in total. The summed E-state index contributed by atoms with van der Waals surface area (Å²) >= 11 is 0. The van der Waals surface area contributed by atoms with Gasteiger partial charge in [0.2, 0.25) is 0 Å². The van der Waals surface area contributed by atoms with Crippen LogP contribution in [0.25, 0.3) is 0 Å². The number of nitrogens with two attached hydrogens (primary N) is 1. The van der Waals surface area contributed by atoms with E-state index in [1.54, 1.807) is 6.07 Å². The van der Waals surface area contributed by atoms with Crippen molar-refractivity contribution >= 4 is 23.3 Å². The van der Waals surface area contributed by atoms with E-state index in [0.717, 1.165) is 48.3 Å². The number of carbonyl (C=O) groups excluding carboxylic acids is 1. The van der Waals surface area contributed by atoms with Crippen LogP contribution in [0.2, 0.25) is 0 Å². The molecule has 2 atom stereocenters. The van der Waals surface area contributed by atoms with Gasteiger partial charge in [-0.05, 0) is 36.1 Å². The Morgan fingerprint density at radius 2 is 1.59 bits per heavy atom. The summed E-state index contributed by atoms with van der Waals surface area (Å²) in [6.07, 6.45) is 2.61. The maximum atomic E-state index is 13.4. The lowest BCUT2D eigenvalue weighted by atomic mass is 10.1. The fourth-order valence-corrected chi connectivity index (χ4v) is 5.20. The second-order valence-electron chi connectivity index (χ2n) is 10.1. The predicted octanol–water partition coefficient (Wildman–Crippen LogP) is 4.30. The first-order valence-electron chi connectivity index (χ1n) is 13.4. The van der Waals surface area contributed by atoms with Crippen molar-refractivity contribution in [1.29, 1.82) is 10.8 Å². The number of likely N-dealkylation sites (tertiary alicyclic amines) is 1. The molecule has 3 aromatic carbocycles. The van der Waals surface area contributed by atoms with Crippen LogP contribution in [-0.4, -0.2) is 54.3 Å². The average Bonchev–Trinajstić information content (AvgIpc) is 3.66. The first-order chi connectivity index (χ1) is 19.0. The molecule has 2 aliphatic heterocycles. The largest absolute Gasteiger partial charge is 0.459 e. The Morgan fingerprint density at radius 3 is 2.31 bits per heavy atom. The van der Waals surface area contributed by atoms with Crippen LogP contribution in [0.4, 0.5) is 5.69 Å². The minimum atomic E-state index is -0.518. The number of benzene rings is 3. The van der Waals surface area contributed by atoms with Crippen LogP contribution < -0.4 is 10.6 Å². The monoisotopic (exact) mass is 525 g/mol. The van der Waals surface area contributed by atoms with Crippen molar-refractivity contribution in [2.75, 3.05) is 24.5 Å². The van der Waals surface area contributed by atoms with Gasteiger partial charge in [0, 0.05) is 42.9 Å². The Morgan fingerprint density at radius 1 is 0.872 bits per heavy atom. The third kappa shape index (κ3) is 6.46. The van der Waals surface area contributed by atoms with E-state index in [1.807, 2.05) is 77.7 Å². The molecule has 2 heterocycles. The van der Waals surface area contributed by atoms with Crippen molar-refractivity contribution in [3.63, 3.8) is 0 Å². The molecular formula is C31H35N5O3. The number of hydrogen-bond donors (Lipinski definition) is 3. The smallest absolute Gasteiger partial charge is 0.329 e. The number of nitrogens with zero attached hydrogens (tertiary/aromatic N) is 2. The van der Waals surface area contributed by atoms with Gasteiger partial charge in [-0.2, -0.15) is 0 Å². The highest BCUT2D eigenvalue weighted by Gasteiger charge is 2.39. The molecule has 2 fully saturated rings. The number of carbonyl (C=O) groups is 1. The quantitative estimate of drug-likeness (QED) is 0.218. The van der Waals surface area contributed by atoms with Crippen LogP contribution in [-0.2, 0) is 27.5 Å². The highest BCUT2D eigenvalue weighted by atomic mass is 16.5. The van der Waals surface area contributed by atoms with Crippen LogP contribution in [0, 0.1) is 10.8 Å². The number of hydrogen-bond acceptors (Lipinski definition) is 6. The zero-order valence-corrected chi connectivity index (χ0v) is 22.0. The molecule has 39 heavy (non-hydrogen) atoms. The van der Waals surface area contributed by atoms with E-state index in [1.165, 1.54) is 0 Å². The first kappa shape index (κ1) is 26.4. The number of nitrogens with one attached hydrogen (secondary N) is 2. The van der Waals surface area contributed by atoms with Crippen LogP contribution in [0.3, 0.4) is 0 Å². The summed E-state index contributed by atoms with van der Waals surface area (Å²) in [7, 11) is 0. The van der Waals surface area contributed by atoms with Gasteiger partial charge in [-0.3, -0.25) is 10.8 Å². The fourth-order valence-electron chi connectivity index (χ4n) is 5.20. The van der Waals surface area contributed by atoms with E-state index < -0.39 is 6.04 Å². The number of ether oxygens (including phenoxy) is 2. The predicted molar refractivity (Wildman–Crippen MR) is 152 cm³/mol. The summed E-state index contributed by atoms with van der Waals surface area (Å²) in [5.74, 6) is 0.211. The van der Waals surface area contributed by atoms with E-state index in [9.17, 15) is 4.79 Å². The lowest BCUT2D eigenvalue weighted by Gasteiger charge is -2.25. The second-order valence-corrected chi connectivity index (χ2v) is 10.1. The Labute approximate surface area is 229 Å². The Balaban J connectivity index is 1.25. The normalized spacial score (nSPS) is 18.8. The van der Waals surface area contributed by atoms with Gasteiger partial charge in [-0.25, -0.2) is 4.79 Å². The van der Waals surface area contributed by atoms with Crippen LogP contribution in [0.1, 0.15) is 41.5 Å². The van der Waals surface area contributed by atoms with Gasteiger partial charge in [0.1, 0.15) is 24.3 Å². The Kier molecular flexibility index (Phi) is 8.22. The third-order valence-corrected chi connectivity index (χ3v) is 7.38. The lowest BCUT2D eigenvalue weighted by Crippen LogP contribution is -2.37. The van der Waals surface area contributed by atoms with Crippen molar-refractivity contribution in [2.45, 2.75) is 44.6 Å². The van der Waals surface area contributed by atoms with Crippen LogP contribution in [0.5, 0.6) is 0 Å². The molecule has 2 saturated heterocycles. The molecule has 0 bridgehead atoms. The molecule has 0 amide bonds. The van der Waals surface area contributed by atoms with Gasteiger partial charge in [0.15, 0.2) is 0 Å². The highest BCUT2D eigenvalue weighted by Crippen LogP contribution is 2.29. The number of rotatable bonds is 9. The van der Waals surface area contributed by atoms with Crippen LogP contribution >= 0.6 is 0 Å². The molecule has 202 valence electrons. The molecule has 0 saturated carbocycles.